The molecule has 0 aromatic rings. The van der Waals surface area contributed by atoms with Crippen molar-refractivity contribution < 1.29 is 13.5 Å². The molecule has 1 N–H and O–H groups in total. The molecular weight excluding hydrogens is 164 g/mol. The van der Waals surface area contributed by atoms with E-state index >= 15 is 0 Å². The molecule has 0 aliphatic carbocycles. The molecule has 1 rings (SSSR count). The van der Waals surface area contributed by atoms with Gasteiger partial charge in [-0.3, -0.25) is 0 Å². The van der Waals surface area contributed by atoms with Crippen molar-refractivity contribution in [1.82, 2.24) is 0 Å². The maximum absolute atomic E-state index is 11.2. The summed E-state index contributed by atoms with van der Waals surface area (Å²) in [7, 11) is -3.13. The number of hydrogen-bond donors (Lipinski definition) is 1. The molecule has 0 aromatic carbocycles. The molecule has 0 aromatic heterocycles. The fourth-order valence-corrected chi connectivity index (χ4v) is 2.99. The molecule has 3 nitrogen and oxygen atoms in total. The SMILES string of the molecule is CC(C)(O)C1=CCCS1(=O)=O. The zero-order valence-electron chi connectivity index (χ0n) is 6.66. The lowest BCUT2D eigenvalue weighted by Crippen LogP contribution is -2.26. The Morgan fingerprint density at radius 3 is 2.27 bits per heavy atom. The van der Waals surface area contributed by atoms with Crippen LogP contribution in [0.1, 0.15) is 20.3 Å². The van der Waals surface area contributed by atoms with Crippen LogP contribution in [-0.4, -0.2) is 24.9 Å². The van der Waals surface area contributed by atoms with E-state index in [0.717, 1.165) is 0 Å². The molecule has 0 spiro atoms. The first-order valence-electron chi connectivity index (χ1n) is 3.50. The Bertz CT molecular complexity index is 279. The first kappa shape index (κ1) is 8.74. The lowest BCUT2D eigenvalue weighted by molar-refractivity contribution is 0.128. The number of hydrogen-bond acceptors (Lipinski definition) is 3. The van der Waals surface area contributed by atoms with Gasteiger partial charge in [0.1, 0.15) is 0 Å². The summed E-state index contributed by atoms with van der Waals surface area (Å²) in [5, 5.41) is 9.41. The van der Waals surface area contributed by atoms with E-state index in [1.165, 1.54) is 13.8 Å². The summed E-state index contributed by atoms with van der Waals surface area (Å²) in [5.41, 5.74) is -1.21. The minimum atomic E-state index is -3.13. The third kappa shape index (κ3) is 1.62. The van der Waals surface area contributed by atoms with Gasteiger partial charge in [-0.1, -0.05) is 6.08 Å². The Kier molecular flexibility index (Phi) is 1.84. The van der Waals surface area contributed by atoms with Gasteiger partial charge in [-0.15, -0.1) is 0 Å². The lowest BCUT2D eigenvalue weighted by atomic mass is 10.1. The van der Waals surface area contributed by atoms with Crippen LogP contribution in [0.15, 0.2) is 11.0 Å². The van der Waals surface area contributed by atoms with Crippen LogP contribution in [0.2, 0.25) is 0 Å². The number of aliphatic hydroxyl groups is 1. The molecule has 4 heteroatoms. The molecule has 0 atom stereocenters. The summed E-state index contributed by atoms with van der Waals surface area (Å²) < 4.78 is 22.4. The highest BCUT2D eigenvalue weighted by atomic mass is 32.2. The van der Waals surface area contributed by atoms with E-state index in [1.807, 2.05) is 0 Å². The fraction of sp³-hybridized carbons (Fsp3) is 0.714. The topological polar surface area (TPSA) is 54.4 Å². The number of rotatable bonds is 1. The molecule has 0 bridgehead atoms. The van der Waals surface area contributed by atoms with Gasteiger partial charge in [0, 0.05) is 0 Å². The maximum atomic E-state index is 11.2. The van der Waals surface area contributed by atoms with E-state index in [-0.39, 0.29) is 10.7 Å². The highest BCUT2D eigenvalue weighted by Gasteiger charge is 2.33. The van der Waals surface area contributed by atoms with E-state index in [1.54, 1.807) is 6.08 Å². The van der Waals surface area contributed by atoms with Crippen molar-refractivity contribution in [3.63, 3.8) is 0 Å². The van der Waals surface area contributed by atoms with Gasteiger partial charge in [0.15, 0.2) is 9.84 Å². The Morgan fingerprint density at radius 2 is 2.09 bits per heavy atom. The van der Waals surface area contributed by atoms with Gasteiger partial charge in [-0.05, 0) is 20.3 Å². The first-order chi connectivity index (χ1) is 4.84. The summed E-state index contributed by atoms with van der Waals surface area (Å²) in [6.07, 6.45) is 2.12. The highest BCUT2D eigenvalue weighted by Crippen LogP contribution is 2.27. The molecule has 11 heavy (non-hydrogen) atoms. The van der Waals surface area contributed by atoms with Crippen molar-refractivity contribution >= 4 is 9.84 Å². The molecule has 1 heterocycles. The van der Waals surface area contributed by atoms with Gasteiger partial charge in [0.25, 0.3) is 0 Å². The van der Waals surface area contributed by atoms with Crippen LogP contribution in [0.25, 0.3) is 0 Å². The minimum Gasteiger partial charge on any atom is -0.385 e. The molecule has 0 amide bonds. The zero-order valence-corrected chi connectivity index (χ0v) is 7.48. The van der Waals surface area contributed by atoms with Crippen LogP contribution in [0, 0.1) is 0 Å². The summed E-state index contributed by atoms with van der Waals surface area (Å²) in [6, 6.07) is 0. The summed E-state index contributed by atoms with van der Waals surface area (Å²) in [6.45, 7) is 2.98. The molecule has 0 saturated carbocycles. The summed E-state index contributed by atoms with van der Waals surface area (Å²) in [5.74, 6) is 0.145. The predicted molar refractivity (Wildman–Crippen MR) is 42.8 cm³/mol. The van der Waals surface area contributed by atoms with Crippen molar-refractivity contribution in [3.05, 3.63) is 11.0 Å². The maximum Gasteiger partial charge on any atom is 0.177 e. The quantitative estimate of drug-likeness (QED) is 0.631. The Labute approximate surface area is 66.7 Å². The Hall–Kier alpha value is -0.350. The monoisotopic (exact) mass is 176 g/mol. The number of allylic oxidation sites excluding steroid dienone is 1. The van der Waals surface area contributed by atoms with Gasteiger partial charge >= 0.3 is 0 Å². The summed E-state index contributed by atoms with van der Waals surface area (Å²) >= 11 is 0. The Morgan fingerprint density at radius 1 is 1.55 bits per heavy atom. The van der Waals surface area contributed by atoms with Crippen molar-refractivity contribution in [2.24, 2.45) is 0 Å². The van der Waals surface area contributed by atoms with Crippen molar-refractivity contribution in [1.29, 1.82) is 0 Å². The van der Waals surface area contributed by atoms with Gasteiger partial charge in [0.05, 0.1) is 16.3 Å². The minimum absolute atomic E-state index is 0.145. The van der Waals surface area contributed by atoms with Crippen LogP contribution in [-0.2, 0) is 9.84 Å². The molecule has 1 aliphatic rings. The molecule has 64 valence electrons. The van der Waals surface area contributed by atoms with E-state index in [9.17, 15) is 13.5 Å². The molecule has 0 fully saturated rings. The largest absolute Gasteiger partial charge is 0.385 e. The van der Waals surface area contributed by atoms with Crippen LogP contribution in [0.5, 0.6) is 0 Å². The third-order valence-electron chi connectivity index (χ3n) is 1.65. The van der Waals surface area contributed by atoms with Crippen LogP contribution in [0.3, 0.4) is 0 Å². The third-order valence-corrected chi connectivity index (χ3v) is 3.76. The van der Waals surface area contributed by atoms with Crippen molar-refractivity contribution in [2.45, 2.75) is 25.9 Å². The molecular formula is C7H12O3S. The van der Waals surface area contributed by atoms with E-state index in [4.69, 9.17) is 0 Å². The number of sulfone groups is 1. The van der Waals surface area contributed by atoms with E-state index < -0.39 is 15.4 Å². The first-order valence-corrected chi connectivity index (χ1v) is 5.15. The predicted octanol–water partition coefficient (Wildman–Crippen LogP) is 0.460. The highest BCUT2D eigenvalue weighted by molar-refractivity contribution is 7.95. The molecule has 0 unspecified atom stereocenters. The second kappa shape index (κ2) is 2.32. The van der Waals surface area contributed by atoms with Crippen molar-refractivity contribution in [3.8, 4) is 0 Å². The lowest BCUT2D eigenvalue weighted by Gasteiger charge is -2.17. The smallest absolute Gasteiger partial charge is 0.177 e. The Balaban J connectivity index is 3.09. The van der Waals surface area contributed by atoms with Crippen molar-refractivity contribution in [2.75, 3.05) is 5.75 Å². The fourth-order valence-electron chi connectivity index (χ4n) is 1.21. The van der Waals surface area contributed by atoms with Gasteiger partial charge in [-0.25, -0.2) is 8.42 Å². The molecule has 0 radical (unpaired) electrons. The average Bonchev–Trinajstić information content (AvgIpc) is 2.06. The van der Waals surface area contributed by atoms with Gasteiger partial charge < -0.3 is 5.11 Å². The van der Waals surface area contributed by atoms with Gasteiger partial charge in [0.2, 0.25) is 0 Å². The standard InChI is InChI=1S/C7H12O3S/c1-7(2,8)6-4-3-5-11(6,9)10/h4,8H,3,5H2,1-2H3. The second-order valence-electron chi connectivity index (χ2n) is 3.23. The van der Waals surface area contributed by atoms with E-state index in [0.29, 0.717) is 6.42 Å². The average molecular weight is 176 g/mol. The second-order valence-corrected chi connectivity index (χ2v) is 5.31. The normalized spacial score (nSPS) is 23.4. The molecule has 0 saturated heterocycles. The zero-order chi connectivity index (χ0) is 8.70. The van der Waals surface area contributed by atoms with Gasteiger partial charge in [-0.2, -0.15) is 0 Å². The van der Waals surface area contributed by atoms with E-state index in [2.05, 4.69) is 0 Å². The molecule has 1 aliphatic heterocycles. The van der Waals surface area contributed by atoms with Crippen LogP contribution in [0.4, 0.5) is 0 Å². The van der Waals surface area contributed by atoms with Crippen LogP contribution >= 0.6 is 0 Å². The van der Waals surface area contributed by atoms with Crippen LogP contribution < -0.4 is 0 Å². The summed E-state index contributed by atoms with van der Waals surface area (Å²) in [4.78, 5) is 0.171.